The maximum absolute atomic E-state index is 10.6. The molecule has 1 N–H and O–H groups in total. The zero-order chi connectivity index (χ0) is 9.47. The molecule has 3 atom stereocenters. The number of rotatable bonds is 1. The van der Waals surface area contributed by atoms with E-state index in [9.17, 15) is 5.11 Å². The third-order valence-corrected chi connectivity index (χ3v) is 4.69. The lowest BCUT2D eigenvalue weighted by molar-refractivity contribution is -0.128. The van der Waals surface area contributed by atoms with Crippen LogP contribution in [-0.4, -0.2) is 10.7 Å². The first-order valence-electron chi connectivity index (χ1n) is 5.87. The van der Waals surface area contributed by atoms with Crippen LogP contribution in [0.1, 0.15) is 52.4 Å². The van der Waals surface area contributed by atoms with E-state index in [2.05, 4.69) is 13.8 Å². The molecule has 0 bridgehead atoms. The molecule has 3 unspecified atom stereocenters. The van der Waals surface area contributed by atoms with E-state index in [1.807, 2.05) is 0 Å². The molecule has 2 saturated carbocycles. The van der Waals surface area contributed by atoms with Crippen molar-refractivity contribution in [2.75, 3.05) is 0 Å². The van der Waals surface area contributed by atoms with Crippen LogP contribution in [0.15, 0.2) is 0 Å². The Labute approximate surface area is 81.5 Å². The van der Waals surface area contributed by atoms with E-state index in [4.69, 9.17) is 0 Å². The molecule has 0 heterocycles. The summed E-state index contributed by atoms with van der Waals surface area (Å²) in [6, 6.07) is 0. The van der Waals surface area contributed by atoms with Gasteiger partial charge >= 0.3 is 0 Å². The Morgan fingerprint density at radius 2 is 1.77 bits per heavy atom. The highest BCUT2D eigenvalue weighted by molar-refractivity contribution is 4.98. The van der Waals surface area contributed by atoms with Crippen molar-refractivity contribution in [3.63, 3.8) is 0 Å². The van der Waals surface area contributed by atoms with Gasteiger partial charge in [0, 0.05) is 0 Å². The van der Waals surface area contributed by atoms with Crippen LogP contribution in [0.4, 0.5) is 0 Å². The maximum atomic E-state index is 10.6. The Kier molecular flexibility index (Phi) is 2.39. The van der Waals surface area contributed by atoms with Gasteiger partial charge in [-0.2, -0.15) is 0 Å². The Hall–Kier alpha value is -0.0400. The van der Waals surface area contributed by atoms with E-state index in [1.165, 1.54) is 32.1 Å². The molecular weight excluding hydrogens is 160 g/mol. The molecule has 2 rings (SSSR count). The highest BCUT2D eigenvalue weighted by Gasteiger charge is 2.47. The first kappa shape index (κ1) is 9.51. The molecule has 0 aromatic rings. The lowest BCUT2D eigenvalue weighted by Gasteiger charge is -2.50. The molecule has 0 aromatic carbocycles. The van der Waals surface area contributed by atoms with E-state index < -0.39 is 0 Å². The molecule has 1 heteroatoms. The van der Waals surface area contributed by atoms with Gasteiger partial charge in [-0.25, -0.2) is 0 Å². The summed E-state index contributed by atoms with van der Waals surface area (Å²) in [6.45, 7) is 4.55. The first-order chi connectivity index (χ1) is 6.14. The smallest absolute Gasteiger partial charge is 0.0703 e. The SMILES string of the molecule is CC1CCCC(O)(C2CCC2)C1C. The minimum atomic E-state index is -0.296. The van der Waals surface area contributed by atoms with Gasteiger partial charge in [-0.05, 0) is 37.0 Å². The normalized spacial score (nSPS) is 47.3. The van der Waals surface area contributed by atoms with Crippen molar-refractivity contribution in [2.45, 2.75) is 58.0 Å². The number of aliphatic hydroxyl groups is 1. The van der Waals surface area contributed by atoms with Gasteiger partial charge < -0.3 is 5.11 Å². The molecule has 2 aliphatic rings. The fourth-order valence-electron chi connectivity index (χ4n) is 3.16. The van der Waals surface area contributed by atoms with E-state index in [0.29, 0.717) is 11.8 Å². The van der Waals surface area contributed by atoms with Gasteiger partial charge in [0.2, 0.25) is 0 Å². The van der Waals surface area contributed by atoms with Gasteiger partial charge in [-0.1, -0.05) is 33.1 Å². The molecule has 0 saturated heterocycles. The van der Waals surface area contributed by atoms with E-state index >= 15 is 0 Å². The second-order valence-electron chi connectivity index (χ2n) is 5.28. The Morgan fingerprint density at radius 1 is 1.08 bits per heavy atom. The molecule has 0 spiro atoms. The first-order valence-corrected chi connectivity index (χ1v) is 5.87. The molecule has 13 heavy (non-hydrogen) atoms. The van der Waals surface area contributed by atoms with Crippen LogP contribution in [-0.2, 0) is 0 Å². The summed E-state index contributed by atoms with van der Waals surface area (Å²) in [6.07, 6.45) is 7.49. The molecule has 0 radical (unpaired) electrons. The molecular formula is C12H22O. The van der Waals surface area contributed by atoms with Crippen LogP contribution in [0, 0.1) is 17.8 Å². The van der Waals surface area contributed by atoms with Crippen LogP contribution < -0.4 is 0 Å². The summed E-state index contributed by atoms with van der Waals surface area (Å²) in [5, 5.41) is 10.6. The zero-order valence-electron chi connectivity index (χ0n) is 8.92. The minimum absolute atomic E-state index is 0.296. The number of hydrogen-bond donors (Lipinski definition) is 1. The van der Waals surface area contributed by atoms with Crippen LogP contribution in [0.3, 0.4) is 0 Å². The predicted molar refractivity (Wildman–Crippen MR) is 54.5 cm³/mol. The highest BCUT2D eigenvalue weighted by Crippen LogP contribution is 2.48. The Morgan fingerprint density at radius 3 is 2.31 bits per heavy atom. The third-order valence-electron chi connectivity index (χ3n) is 4.69. The largest absolute Gasteiger partial charge is 0.389 e. The van der Waals surface area contributed by atoms with Gasteiger partial charge in [0.05, 0.1) is 5.60 Å². The lowest BCUT2D eigenvalue weighted by Crippen LogP contribution is -2.51. The van der Waals surface area contributed by atoms with E-state index in [1.54, 1.807) is 0 Å². The van der Waals surface area contributed by atoms with Crippen molar-refractivity contribution >= 4 is 0 Å². The van der Waals surface area contributed by atoms with E-state index in [0.717, 1.165) is 12.3 Å². The molecule has 2 fully saturated rings. The van der Waals surface area contributed by atoms with Crippen LogP contribution >= 0.6 is 0 Å². The maximum Gasteiger partial charge on any atom is 0.0703 e. The fourth-order valence-corrected chi connectivity index (χ4v) is 3.16. The topological polar surface area (TPSA) is 20.2 Å². The van der Waals surface area contributed by atoms with Gasteiger partial charge in [0.1, 0.15) is 0 Å². The predicted octanol–water partition coefficient (Wildman–Crippen LogP) is 2.97. The molecule has 0 aromatic heterocycles. The summed E-state index contributed by atoms with van der Waals surface area (Å²) in [5.41, 5.74) is -0.296. The highest BCUT2D eigenvalue weighted by atomic mass is 16.3. The van der Waals surface area contributed by atoms with Crippen LogP contribution in [0.5, 0.6) is 0 Å². The minimum Gasteiger partial charge on any atom is -0.389 e. The molecule has 76 valence electrons. The van der Waals surface area contributed by atoms with Gasteiger partial charge in [-0.3, -0.25) is 0 Å². The van der Waals surface area contributed by atoms with Gasteiger partial charge in [0.15, 0.2) is 0 Å². The average molecular weight is 182 g/mol. The average Bonchev–Trinajstić information content (AvgIpc) is 1.97. The fraction of sp³-hybridized carbons (Fsp3) is 1.00. The van der Waals surface area contributed by atoms with Gasteiger partial charge in [-0.15, -0.1) is 0 Å². The van der Waals surface area contributed by atoms with Crippen LogP contribution in [0.25, 0.3) is 0 Å². The van der Waals surface area contributed by atoms with Crippen molar-refractivity contribution in [1.82, 2.24) is 0 Å². The second kappa shape index (κ2) is 3.27. The van der Waals surface area contributed by atoms with Crippen LogP contribution in [0.2, 0.25) is 0 Å². The monoisotopic (exact) mass is 182 g/mol. The summed E-state index contributed by atoms with van der Waals surface area (Å²) >= 11 is 0. The van der Waals surface area contributed by atoms with Crippen molar-refractivity contribution in [2.24, 2.45) is 17.8 Å². The second-order valence-corrected chi connectivity index (χ2v) is 5.28. The summed E-state index contributed by atoms with van der Waals surface area (Å²) in [5.74, 6) is 1.87. The quantitative estimate of drug-likeness (QED) is 0.661. The Bertz CT molecular complexity index is 186. The summed E-state index contributed by atoms with van der Waals surface area (Å²) < 4.78 is 0. The van der Waals surface area contributed by atoms with Crippen molar-refractivity contribution in [1.29, 1.82) is 0 Å². The zero-order valence-corrected chi connectivity index (χ0v) is 8.92. The van der Waals surface area contributed by atoms with Gasteiger partial charge in [0.25, 0.3) is 0 Å². The number of hydrogen-bond acceptors (Lipinski definition) is 1. The standard InChI is InChI=1S/C12H22O/c1-9-5-4-8-12(13,10(9)2)11-6-3-7-11/h9-11,13H,3-8H2,1-2H3. The molecule has 0 amide bonds. The van der Waals surface area contributed by atoms with Crippen molar-refractivity contribution in [3.8, 4) is 0 Å². The summed E-state index contributed by atoms with van der Waals surface area (Å²) in [7, 11) is 0. The Balaban J connectivity index is 2.09. The third kappa shape index (κ3) is 1.41. The van der Waals surface area contributed by atoms with Crippen molar-refractivity contribution in [3.05, 3.63) is 0 Å². The molecule has 2 aliphatic carbocycles. The lowest BCUT2D eigenvalue weighted by atomic mass is 9.60. The van der Waals surface area contributed by atoms with E-state index in [-0.39, 0.29) is 5.60 Å². The molecule has 1 nitrogen and oxygen atoms in total. The van der Waals surface area contributed by atoms with Crippen molar-refractivity contribution < 1.29 is 5.11 Å². The molecule has 0 aliphatic heterocycles. The summed E-state index contributed by atoms with van der Waals surface area (Å²) in [4.78, 5) is 0.